The predicted octanol–water partition coefficient (Wildman–Crippen LogP) is 3.83. The van der Waals surface area contributed by atoms with Gasteiger partial charge in [-0.3, -0.25) is 9.59 Å². The summed E-state index contributed by atoms with van der Waals surface area (Å²) in [5.74, 6) is 0.153. The van der Waals surface area contributed by atoms with Gasteiger partial charge < -0.3 is 16.0 Å². The van der Waals surface area contributed by atoms with Gasteiger partial charge >= 0.3 is 0 Å². The molecule has 32 heavy (non-hydrogen) atoms. The van der Waals surface area contributed by atoms with Crippen LogP contribution in [-0.4, -0.2) is 41.9 Å². The van der Waals surface area contributed by atoms with Crippen molar-refractivity contribution in [2.24, 2.45) is 11.7 Å². The zero-order chi connectivity index (χ0) is 22.3. The molecule has 2 atom stereocenters. The van der Waals surface area contributed by atoms with E-state index >= 15 is 0 Å². The molecule has 1 aliphatic carbocycles. The summed E-state index contributed by atoms with van der Waals surface area (Å²) in [6.07, 6.45) is 7.73. The van der Waals surface area contributed by atoms with Crippen molar-refractivity contribution < 1.29 is 9.59 Å². The second kappa shape index (κ2) is 10.8. The molecule has 3 N–H and O–H groups in total. The molecule has 0 bridgehead atoms. The molecule has 2 aromatic carbocycles. The van der Waals surface area contributed by atoms with E-state index in [0.717, 1.165) is 24.1 Å². The van der Waals surface area contributed by atoms with E-state index in [1.807, 2.05) is 60.7 Å². The maximum atomic E-state index is 13.6. The van der Waals surface area contributed by atoms with Crippen LogP contribution in [0, 0.1) is 5.92 Å². The van der Waals surface area contributed by atoms with E-state index < -0.39 is 12.1 Å². The first kappa shape index (κ1) is 22.5. The predicted molar refractivity (Wildman–Crippen MR) is 127 cm³/mol. The fraction of sp³-hybridized carbons (Fsp3) is 0.481. The first-order valence-corrected chi connectivity index (χ1v) is 12.1. The Morgan fingerprint density at radius 3 is 2.06 bits per heavy atom. The number of nitrogens with two attached hydrogens (primary N) is 1. The van der Waals surface area contributed by atoms with Gasteiger partial charge in [0.05, 0.1) is 6.04 Å². The van der Waals surface area contributed by atoms with Crippen LogP contribution in [0.15, 0.2) is 60.7 Å². The van der Waals surface area contributed by atoms with Crippen molar-refractivity contribution in [3.05, 3.63) is 71.8 Å². The summed E-state index contributed by atoms with van der Waals surface area (Å²) in [5.41, 5.74) is 8.66. The second-order valence-corrected chi connectivity index (χ2v) is 9.26. The van der Waals surface area contributed by atoms with Crippen molar-refractivity contribution in [1.82, 2.24) is 10.2 Å². The average Bonchev–Trinajstić information content (AvgIpc) is 3.34. The first-order chi connectivity index (χ1) is 15.6. The fourth-order valence-corrected chi connectivity index (χ4v) is 5.32. The molecule has 1 saturated heterocycles. The van der Waals surface area contributed by atoms with Crippen molar-refractivity contribution in [3.8, 4) is 0 Å². The third-order valence-corrected chi connectivity index (χ3v) is 7.09. The van der Waals surface area contributed by atoms with E-state index in [4.69, 9.17) is 5.73 Å². The van der Waals surface area contributed by atoms with E-state index in [1.54, 1.807) is 4.90 Å². The number of rotatable bonds is 7. The normalized spacial score (nSPS) is 20.3. The maximum Gasteiger partial charge on any atom is 0.242 e. The SMILES string of the molecule is NC(C(=O)N1CCC[C@H]1C(=O)NCC1CCCCC1)C(c1ccccc1)c1ccccc1. The number of nitrogens with zero attached hydrogens (tertiary/aromatic N) is 1. The van der Waals surface area contributed by atoms with Crippen molar-refractivity contribution in [1.29, 1.82) is 0 Å². The number of nitrogens with one attached hydrogen (secondary N) is 1. The highest BCUT2D eigenvalue weighted by atomic mass is 16.2. The Labute approximate surface area is 191 Å². The maximum absolute atomic E-state index is 13.6. The van der Waals surface area contributed by atoms with Crippen molar-refractivity contribution in [3.63, 3.8) is 0 Å². The van der Waals surface area contributed by atoms with Crippen molar-refractivity contribution in [2.75, 3.05) is 13.1 Å². The van der Waals surface area contributed by atoms with Gasteiger partial charge in [-0.25, -0.2) is 0 Å². The molecule has 170 valence electrons. The lowest BCUT2D eigenvalue weighted by Crippen LogP contribution is -2.53. The van der Waals surface area contributed by atoms with Gasteiger partial charge in [0.25, 0.3) is 0 Å². The Morgan fingerprint density at radius 2 is 1.47 bits per heavy atom. The Hall–Kier alpha value is -2.66. The molecule has 1 saturated carbocycles. The quantitative estimate of drug-likeness (QED) is 0.697. The summed E-state index contributed by atoms with van der Waals surface area (Å²) in [7, 11) is 0. The van der Waals surface area contributed by atoms with Crippen molar-refractivity contribution in [2.45, 2.75) is 62.9 Å². The van der Waals surface area contributed by atoms with Crippen LogP contribution in [0.25, 0.3) is 0 Å². The van der Waals surface area contributed by atoms with Gasteiger partial charge in [0.15, 0.2) is 0 Å². The zero-order valence-corrected chi connectivity index (χ0v) is 18.8. The van der Waals surface area contributed by atoms with E-state index in [0.29, 0.717) is 18.9 Å². The lowest BCUT2D eigenvalue weighted by Gasteiger charge is -2.31. The van der Waals surface area contributed by atoms with Gasteiger partial charge in [0.2, 0.25) is 11.8 Å². The Balaban J connectivity index is 1.47. The monoisotopic (exact) mass is 433 g/mol. The summed E-state index contributed by atoms with van der Waals surface area (Å²) < 4.78 is 0. The number of carbonyl (C=O) groups is 2. The molecule has 0 radical (unpaired) electrons. The lowest BCUT2D eigenvalue weighted by atomic mass is 9.84. The molecule has 5 heteroatoms. The minimum atomic E-state index is -0.744. The molecule has 2 aromatic rings. The smallest absolute Gasteiger partial charge is 0.242 e. The van der Waals surface area contributed by atoms with Crippen LogP contribution < -0.4 is 11.1 Å². The summed E-state index contributed by atoms with van der Waals surface area (Å²) >= 11 is 0. The van der Waals surface area contributed by atoms with Gasteiger partial charge in [-0.05, 0) is 42.7 Å². The van der Waals surface area contributed by atoms with Crippen molar-refractivity contribution >= 4 is 11.8 Å². The number of amides is 2. The molecule has 0 aromatic heterocycles. The van der Waals surface area contributed by atoms with Gasteiger partial charge in [-0.1, -0.05) is 79.9 Å². The number of benzene rings is 2. The van der Waals surface area contributed by atoms with Crippen LogP contribution in [0.2, 0.25) is 0 Å². The zero-order valence-electron chi connectivity index (χ0n) is 18.8. The first-order valence-electron chi connectivity index (χ1n) is 12.1. The molecular formula is C27H35N3O2. The average molecular weight is 434 g/mol. The van der Waals surface area contributed by atoms with Crippen LogP contribution in [0.4, 0.5) is 0 Å². The number of likely N-dealkylation sites (tertiary alicyclic amines) is 1. The van der Waals surface area contributed by atoms with Gasteiger partial charge in [0.1, 0.15) is 6.04 Å². The molecule has 5 nitrogen and oxygen atoms in total. The molecule has 2 aliphatic rings. The minimum absolute atomic E-state index is 0.0235. The highest BCUT2D eigenvalue weighted by molar-refractivity contribution is 5.91. The Kier molecular flexibility index (Phi) is 7.59. The van der Waals surface area contributed by atoms with E-state index in [2.05, 4.69) is 5.32 Å². The molecule has 2 fully saturated rings. The Bertz CT molecular complexity index is 841. The molecular weight excluding hydrogens is 398 g/mol. The highest BCUT2D eigenvalue weighted by Gasteiger charge is 2.39. The third-order valence-electron chi connectivity index (χ3n) is 7.09. The summed E-state index contributed by atoms with van der Waals surface area (Å²) in [5, 5.41) is 3.14. The van der Waals surface area contributed by atoms with Crippen LogP contribution in [0.5, 0.6) is 0 Å². The van der Waals surface area contributed by atoms with E-state index in [1.165, 1.54) is 32.1 Å². The topological polar surface area (TPSA) is 75.4 Å². The standard InChI is InChI=1S/C27H35N3O2/c28-25(24(21-13-6-2-7-14-21)22-15-8-3-9-16-22)27(32)30-18-10-17-23(30)26(31)29-19-20-11-4-1-5-12-20/h2-3,6-9,13-16,20,23-25H,1,4-5,10-12,17-19,28H2,(H,29,31)/t23-,25?/m0/s1. The van der Waals surface area contributed by atoms with Gasteiger partial charge in [-0.15, -0.1) is 0 Å². The largest absolute Gasteiger partial charge is 0.354 e. The Morgan fingerprint density at radius 1 is 0.875 bits per heavy atom. The fourth-order valence-electron chi connectivity index (χ4n) is 5.32. The molecule has 0 spiro atoms. The van der Waals surface area contributed by atoms with Gasteiger partial charge in [-0.2, -0.15) is 0 Å². The third kappa shape index (κ3) is 5.21. The molecule has 1 aliphatic heterocycles. The number of hydrogen-bond donors (Lipinski definition) is 2. The molecule has 2 amide bonds. The molecule has 1 heterocycles. The molecule has 1 unspecified atom stereocenters. The van der Waals surface area contributed by atoms with E-state index in [9.17, 15) is 9.59 Å². The van der Waals surface area contributed by atoms with Crippen LogP contribution in [0.3, 0.4) is 0 Å². The van der Waals surface area contributed by atoms with Crippen LogP contribution >= 0.6 is 0 Å². The summed E-state index contributed by atoms with van der Waals surface area (Å²) in [4.78, 5) is 28.3. The lowest BCUT2D eigenvalue weighted by molar-refractivity contribution is -0.139. The number of hydrogen-bond acceptors (Lipinski definition) is 3. The number of carbonyl (C=O) groups excluding carboxylic acids is 2. The summed E-state index contributed by atoms with van der Waals surface area (Å²) in [6.45, 7) is 1.31. The van der Waals surface area contributed by atoms with E-state index in [-0.39, 0.29) is 17.7 Å². The molecule has 4 rings (SSSR count). The van der Waals surface area contributed by atoms with Crippen LogP contribution in [0.1, 0.15) is 62.0 Å². The highest BCUT2D eigenvalue weighted by Crippen LogP contribution is 2.30. The minimum Gasteiger partial charge on any atom is -0.354 e. The summed E-state index contributed by atoms with van der Waals surface area (Å²) in [6, 6.07) is 18.7. The second-order valence-electron chi connectivity index (χ2n) is 9.26. The van der Waals surface area contributed by atoms with Crippen LogP contribution in [-0.2, 0) is 9.59 Å². The van der Waals surface area contributed by atoms with Gasteiger partial charge in [0, 0.05) is 19.0 Å².